The number of carbonyl (C=O) groups is 1. The van der Waals surface area contributed by atoms with Crippen molar-refractivity contribution in [2.24, 2.45) is 0 Å². The Morgan fingerprint density at radius 2 is 2.03 bits per heavy atom. The number of aliphatic hydroxyl groups is 1. The Kier molecular flexibility index (Phi) is 6.34. The highest BCUT2D eigenvalue weighted by atomic mass is 32.2. The van der Waals surface area contributed by atoms with Gasteiger partial charge in [-0.2, -0.15) is 10.1 Å². The van der Waals surface area contributed by atoms with Crippen molar-refractivity contribution < 1.29 is 9.90 Å². The highest BCUT2D eigenvalue weighted by Gasteiger charge is 2.26. The van der Waals surface area contributed by atoms with E-state index in [1.165, 1.54) is 24.6 Å². The van der Waals surface area contributed by atoms with Crippen LogP contribution < -0.4 is 10.6 Å². The number of nitrogens with zero attached hydrogens (tertiary/aromatic N) is 5. The summed E-state index contributed by atoms with van der Waals surface area (Å²) in [6, 6.07) is 13.7. The van der Waals surface area contributed by atoms with Crippen LogP contribution in [0, 0.1) is 0 Å². The lowest BCUT2D eigenvalue weighted by molar-refractivity contribution is -0.117. The topological polar surface area (TPSA) is 123 Å². The normalized spacial score (nSPS) is 18.1. The zero-order valence-corrected chi connectivity index (χ0v) is 20.5. The van der Waals surface area contributed by atoms with Gasteiger partial charge in [0.15, 0.2) is 11.0 Å². The summed E-state index contributed by atoms with van der Waals surface area (Å²) in [5.74, 6) is 1.91. The van der Waals surface area contributed by atoms with Crippen LogP contribution in [0.2, 0.25) is 0 Å². The molecule has 1 amide bonds. The number of H-pyrrole nitrogens is 1. The zero-order valence-electron chi connectivity index (χ0n) is 19.7. The second-order valence-corrected chi connectivity index (χ2v) is 10.3. The van der Waals surface area contributed by atoms with Gasteiger partial charge < -0.3 is 15.7 Å². The Balaban J connectivity index is 1.12. The van der Waals surface area contributed by atoms with Crippen molar-refractivity contribution in [2.75, 3.05) is 30.3 Å². The second kappa shape index (κ2) is 9.92. The van der Waals surface area contributed by atoms with Gasteiger partial charge in [-0.3, -0.25) is 19.2 Å². The number of amides is 1. The number of aromatic nitrogens is 5. The van der Waals surface area contributed by atoms with Crippen LogP contribution in [0.25, 0.3) is 5.65 Å². The maximum absolute atomic E-state index is 12.5. The standard InChI is InChI=1S/C25H28N8O2S/c34-15-18-3-1-11-32(18)14-23(35)26-17-7-9-19(10-8-17)36-25-28-22-4-2-12-33(22)24(29-25)27-21-13-20(30-31-21)16-5-6-16/h2,4,7-10,12-13,16,18,34H,1,3,5-6,11,14-15H2,(H,26,35)(H2,27,28,29,30,31). The van der Waals surface area contributed by atoms with Crippen LogP contribution in [-0.2, 0) is 4.79 Å². The Morgan fingerprint density at radius 1 is 1.17 bits per heavy atom. The van der Waals surface area contributed by atoms with Gasteiger partial charge in [0.2, 0.25) is 11.9 Å². The van der Waals surface area contributed by atoms with Gasteiger partial charge in [0.25, 0.3) is 0 Å². The summed E-state index contributed by atoms with van der Waals surface area (Å²) in [6.07, 6.45) is 6.30. The Bertz CT molecular complexity index is 1360. The first kappa shape index (κ1) is 23.0. The molecule has 0 radical (unpaired) electrons. The molecule has 1 atom stereocenters. The fourth-order valence-electron chi connectivity index (χ4n) is 4.57. The molecule has 2 aliphatic rings. The van der Waals surface area contributed by atoms with Crippen LogP contribution in [0.3, 0.4) is 0 Å². The molecule has 1 aromatic carbocycles. The minimum atomic E-state index is -0.0725. The number of fused-ring (bicyclic) bond motifs is 1. The molecule has 4 aromatic rings. The molecule has 1 unspecified atom stereocenters. The maximum Gasteiger partial charge on any atom is 0.238 e. The Labute approximate surface area is 212 Å². The molecule has 4 heterocycles. The van der Waals surface area contributed by atoms with E-state index >= 15 is 0 Å². The lowest BCUT2D eigenvalue weighted by Crippen LogP contribution is -2.38. The molecule has 11 heteroatoms. The summed E-state index contributed by atoms with van der Waals surface area (Å²) in [6.45, 7) is 1.23. The SMILES string of the molecule is O=C(CN1CCCC1CO)Nc1ccc(Sc2nc(Nc3cc(C4CC4)[nH]n3)n3cccc3n2)cc1. The predicted octanol–water partition coefficient (Wildman–Crippen LogP) is 3.62. The van der Waals surface area contributed by atoms with Crippen molar-refractivity contribution in [1.82, 2.24) is 29.5 Å². The van der Waals surface area contributed by atoms with E-state index < -0.39 is 0 Å². The largest absolute Gasteiger partial charge is 0.395 e. The summed E-state index contributed by atoms with van der Waals surface area (Å²) in [5, 5.41) is 23.8. The average Bonchev–Trinajstić information content (AvgIpc) is 3.23. The highest BCUT2D eigenvalue weighted by molar-refractivity contribution is 7.99. The summed E-state index contributed by atoms with van der Waals surface area (Å²) >= 11 is 1.46. The van der Waals surface area contributed by atoms with Gasteiger partial charge in [0.05, 0.1) is 13.2 Å². The third-order valence-electron chi connectivity index (χ3n) is 6.63. The van der Waals surface area contributed by atoms with Gasteiger partial charge in [0, 0.05) is 40.5 Å². The van der Waals surface area contributed by atoms with E-state index in [4.69, 9.17) is 4.98 Å². The zero-order chi connectivity index (χ0) is 24.5. The number of aromatic amines is 1. The van der Waals surface area contributed by atoms with Crippen molar-refractivity contribution in [3.8, 4) is 0 Å². The number of nitrogens with one attached hydrogen (secondary N) is 3. The number of carbonyl (C=O) groups excluding carboxylic acids is 1. The lowest BCUT2D eigenvalue weighted by atomic mass is 10.2. The fraction of sp³-hybridized carbons (Fsp3) is 0.360. The van der Waals surface area contributed by atoms with E-state index in [0.29, 0.717) is 23.6 Å². The molecule has 1 aliphatic heterocycles. The molecule has 186 valence electrons. The maximum atomic E-state index is 12.5. The number of aliphatic hydroxyl groups excluding tert-OH is 1. The quantitative estimate of drug-likeness (QED) is 0.273. The van der Waals surface area contributed by atoms with Gasteiger partial charge in [-0.05, 0) is 80.4 Å². The number of hydrogen-bond donors (Lipinski definition) is 4. The molecule has 6 rings (SSSR count). The van der Waals surface area contributed by atoms with Crippen LogP contribution in [0.15, 0.2) is 58.7 Å². The molecule has 36 heavy (non-hydrogen) atoms. The van der Waals surface area contributed by atoms with E-state index in [1.807, 2.05) is 58.0 Å². The summed E-state index contributed by atoms with van der Waals surface area (Å²) < 4.78 is 1.90. The van der Waals surface area contributed by atoms with Crippen molar-refractivity contribution in [3.63, 3.8) is 0 Å². The first-order valence-electron chi connectivity index (χ1n) is 12.2. The first-order valence-corrected chi connectivity index (χ1v) is 13.1. The number of rotatable bonds is 9. The van der Waals surface area contributed by atoms with Crippen molar-refractivity contribution in [2.45, 2.75) is 47.7 Å². The molecular formula is C25H28N8O2S. The van der Waals surface area contributed by atoms with Crippen LogP contribution >= 0.6 is 11.8 Å². The monoisotopic (exact) mass is 504 g/mol. The minimum absolute atomic E-state index is 0.0725. The summed E-state index contributed by atoms with van der Waals surface area (Å²) in [7, 11) is 0. The van der Waals surface area contributed by atoms with Crippen LogP contribution in [0.4, 0.5) is 17.5 Å². The van der Waals surface area contributed by atoms with Crippen LogP contribution in [0.5, 0.6) is 0 Å². The van der Waals surface area contributed by atoms with Gasteiger partial charge in [0.1, 0.15) is 5.65 Å². The van der Waals surface area contributed by atoms with Gasteiger partial charge in [-0.25, -0.2) is 4.98 Å². The number of hydrogen-bond acceptors (Lipinski definition) is 8. The third-order valence-corrected chi connectivity index (χ3v) is 7.50. The summed E-state index contributed by atoms with van der Waals surface area (Å²) in [5.41, 5.74) is 2.69. The van der Waals surface area contributed by atoms with E-state index in [0.717, 1.165) is 47.1 Å². The average molecular weight is 505 g/mol. The first-order chi connectivity index (χ1) is 17.6. The minimum Gasteiger partial charge on any atom is -0.395 e. The van der Waals surface area contributed by atoms with Crippen LogP contribution in [-0.4, -0.2) is 66.2 Å². The predicted molar refractivity (Wildman–Crippen MR) is 138 cm³/mol. The molecule has 2 fully saturated rings. The van der Waals surface area contributed by atoms with E-state index in [9.17, 15) is 9.90 Å². The van der Waals surface area contributed by atoms with Gasteiger partial charge in [-0.1, -0.05) is 0 Å². The molecular weight excluding hydrogens is 476 g/mol. The van der Waals surface area contributed by atoms with Crippen molar-refractivity contribution in [3.05, 3.63) is 54.4 Å². The second-order valence-electron chi connectivity index (χ2n) is 9.30. The lowest BCUT2D eigenvalue weighted by Gasteiger charge is -2.21. The molecule has 4 N–H and O–H groups in total. The van der Waals surface area contributed by atoms with Crippen molar-refractivity contribution in [1.29, 1.82) is 0 Å². The number of likely N-dealkylation sites (tertiary alicyclic amines) is 1. The Hall–Kier alpha value is -3.41. The van der Waals surface area contributed by atoms with E-state index in [-0.39, 0.29) is 18.6 Å². The van der Waals surface area contributed by atoms with Gasteiger partial charge >= 0.3 is 0 Å². The molecule has 1 saturated carbocycles. The van der Waals surface area contributed by atoms with Gasteiger partial charge in [-0.15, -0.1) is 0 Å². The fourth-order valence-corrected chi connectivity index (χ4v) is 5.32. The molecule has 1 aliphatic carbocycles. The van der Waals surface area contributed by atoms with E-state index in [1.54, 1.807) is 0 Å². The number of benzene rings is 1. The third kappa shape index (κ3) is 5.08. The number of anilines is 3. The van der Waals surface area contributed by atoms with Crippen molar-refractivity contribution >= 4 is 40.8 Å². The molecule has 0 bridgehead atoms. The summed E-state index contributed by atoms with van der Waals surface area (Å²) in [4.78, 5) is 24.9. The Morgan fingerprint density at radius 3 is 2.83 bits per heavy atom. The molecule has 10 nitrogen and oxygen atoms in total. The molecule has 3 aromatic heterocycles. The van der Waals surface area contributed by atoms with Crippen LogP contribution in [0.1, 0.15) is 37.3 Å². The smallest absolute Gasteiger partial charge is 0.238 e. The van der Waals surface area contributed by atoms with E-state index in [2.05, 4.69) is 25.8 Å². The molecule has 1 saturated heterocycles. The highest BCUT2D eigenvalue weighted by Crippen LogP contribution is 2.39. The molecule has 0 spiro atoms.